The summed E-state index contributed by atoms with van der Waals surface area (Å²) < 4.78 is 0. The van der Waals surface area contributed by atoms with Gasteiger partial charge in [-0.3, -0.25) is 0 Å². The number of hydrogen-bond donors (Lipinski definition) is 0. The minimum Gasteiger partial charge on any atom is -0.198 e. The van der Waals surface area contributed by atoms with Crippen LogP contribution in [0.2, 0.25) is 0 Å². The summed E-state index contributed by atoms with van der Waals surface area (Å²) in [5.41, 5.74) is -0.155. The monoisotopic (exact) mass is 271 g/mol. The zero-order valence-electron chi connectivity index (χ0n) is 10.2. The Kier molecular flexibility index (Phi) is 3.97. The lowest BCUT2D eigenvalue weighted by atomic mass is 10.4. The van der Waals surface area contributed by atoms with Gasteiger partial charge in [-0.15, -0.1) is 0 Å². The van der Waals surface area contributed by atoms with Crippen LogP contribution in [0.15, 0.2) is 60.7 Å². The largest absolute Gasteiger partial charge is 0.198 e. The molecule has 0 bridgehead atoms. The van der Waals surface area contributed by atoms with Gasteiger partial charge < -0.3 is 0 Å². The molecule has 0 heterocycles. The number of nitriles is 1. The van der Waals surface area contributed by atoms with E-state index >= 15 is 0 Å². The molecule has 0 N–H and O–H groups in total. The summed E-state index contributed by atoms with van der Waals surface area (Å²) in [4.78, 5) is 0. The third-order valence-electron chi connectivity index (χ3n) is 3.01. The van der Waals surface area contributed by atoms with Crippen LogP contribution in [0.4, 0.5) is 0 Å². The van der Waals surface area contributed by atoms with Crippen LogP contribution in [-0.2, 0) is 11.8 Å². The van der Waals surface area contributed by atoms with Crippen molar-refractivity contribution in [3.05, 3.63) is 60.7 Å². The van der Waals surface area contributed by atoms with E-state index in [1.807, 2.05) is 67.6 Å². The lowest BCUT2D eigenvalue weighted by Crippen LogP contribution is -2.22. The molecule has 0 fully saturated rings. The van der Waals surface area contributed by atoms with E-state index in [0.717, 1.165) is 10.6 Å². The Morgan fingerprint density at radius 3 is 1.67 bits per heavy atom. The molecule has 0 aliphatic heterocycles. The maximum atomic E-state index is 9.30. The van der Waals surface area contributed by atoms with E-state index in [0.29, 0.717) is 0 Å². The fourth-order valence-corrected chi connectivity index (χ4v) is 5.43. The van der Waals surface area contributed by atoms with Crippen LogP contribution in [-0.4, -0.2) is 5.66 Å². The maximum absolute atomic E-state index is 9.30. The molecular weight excluding hydrogens is 257 g/mol. The van der Waals surface area contributed by atoms with E-state index < -0.39 is 6.04 Å². The van der Waals surface area contributed by atoms with E-state index in [1.54, 1.807) is 0 Å². The molecule has 1 atom stereocenters. The molecule has 0 radical (unpaired) electrons. The van der Waals surface area contributed by atoms with Gasteiger partial charge in [0, 0.05) is 6.04 Å². The van der Waals surface area contributed by atoms with Crippen molar-refractivity contribution < 1.29 is 0 Å². The summed E-state index contributed by atoms with van der Waals surface area (Å²) in [7, 11) is 0. The Morgan fingerprint density at radius 1 is 0.944 bits per heavy atom. The van der Waals surface area contributed by atoms with Crippen LogP contribution < -0.4 is 10.6 Å². The molecule has 3 heteroatoms. The summed E-state index contributed by atoms with van der Waals surface area (Å²) >= 11 is 5.95. The first kappa shape index (κ1) is 13.0. The molecule has 2 rings (SSSR count). The molecule has 1 nitrogen and oxygen atoms in total. The Balaban J connectivity index is 2.64. The van der Waals surface area contributed by atoms with Crippen molar-refractivity contribution in [3.63, 3.8) is 0 Å². The van der Waals surface area contributed by atoms with E-state index in [9.17, 15) is 5.26 Å². The predicted molar refractivity (Wildman–Crippen MR) is 81.5 cm³/mol. The summed E-state index contributed by atoms with van der Waals surface area (Å²) in [6, 6.07) is 20.4. The van der Waals surface area contributed by atoms with Crippen LogP contribution in [0, 0.1) is 11.3 Å². The molecule has 2 aromatic rings. The average molecular weight is 271 g/mol. The highest BCUT2D eigenvalue weighted by Gasteiger charge is 2.28. The van der Waals surface area contributed by atoms with Gasteiger partial charge in [0.05, 0.1) is 11.7 Å². The van der Waals surface area contributed by atoms with Crippen molar-refractivity contribution in [2.24, 2.45) is 0 Å². The van der Waals surface area contributed by atoms with Gasteiger partial charge in [0.2, 0.25) is 0 Å². The first-order valence-electron chi connectivity index (χ1n) is 5.80. The minimum atomic E-state index is -2.04. The van der Waals surface area contributed by atoms with E-state index in [2.05, 4.69) is 6.07 Å². The van der Waals surface area contributed by atoms with E-state index in [1.165, 1.54) is 0 Å². The van der Waals surface area contributed by atoms with Crippen LogP contribution >= 0.6 is 6.04 Å². The van der Waals surface area contributed by atoms with Gasteiger partial charge in [-0.1, -0.05) is 72.5 Å². The van der Waals surface area contributed by atoms with Crippen LogP contribution in [0.3, 0.4) is 0 Å². The minimum absolute atomic E-state index is 0.155. The highest BCUT2D eigenvalue weighted by atomic mass is 32.4. The zero-order valence-corrected chi connectivity index (χ0v) is 11.9. The highest BCUT2D eigenvalue weighted by Crippen LogP contribution is 2.48. The predicted octanol–water partition coefficient (Wildman–Crippen LogP) is 3.03. The third kappa shape index (κ3) is 2.25. The standard InChI is InChI=1S/C15H14NPS/c1-13(12-16)17(18,14-8-4-2-5-9-14)15-10-6-3-7-11-15/h2-11,13H,1H3. The zero-order chi connectivity index (χ0) is 13.0. The van der Waals surface area contributed by atoms with Gasteiger partial charge in [-0.2, -0.15) is 5.26 Å². The quantitative estimate of drug-likeness (QED) is 0.801. The molecule has 0 aliphatic carbocycles. The van der Waals surface area contributed by atoms with Crippen molar-refractivity contribution in [1.29, 1.82) is 5.26 Å². The van der Waals surface area contributed by atoms with Crippen molar-refractivity contribution in [2.75, 3.05) is 0 Å². The van der Waals surface area contributed by atoms with Crippen LogP contribution in [0.5, 0.6) is 0 Å². The fourth-order valence-electron chi connectivity index (χ4n) is 1.98. The molecule has 2 aromatic carbocycles. The third-order valence-corrected chi connectivity index (χ3v) is 8.56. The topological polar surface area (TPSA) is 23.8 Å². The van der Waals surface area contributed by atoms with Gasteiger partial charge in [0.25, 0.3) is 0 Å². The molecule has 0 amide bonds. The highest BCUT2D eigenvalue weighted by molar-refractivity contribution is 8.22. The van der Waals surface area contributed by atoms with Gasteiger partial charge in [0.1, 0.15) is 0 Å². The number of nitrogens with zero attached hydrogens (tertiary/aromatic N) is 1. The summed E-state index contributed by atoms with van der Waals surface area (Å²) in [5.74, 6) is 0. The van der Waals surface area contributed by atoms with Gasteiger partial charge in [-0.25, -0.2) is 0 Å². The van der Waals surface area contributed by atoms with Crippen molar-refractivity contribution >= 4 is 28.5 Å². The van der Waals surface area contributed by atoms with Crippen molar-refractivity contribution in [2.45, 2.75) is 12.6 Å². The van der Waals surface area contributed by atoms with Crippen LogP contribution in [0.25, 0.3) is 0 Å². The van der Waals surface area contributed by atoms with Crippen molar-refractivity contribution in [3.8, 4) is 6.07 Å². The van der Waals surface area contributed by atoms with Crippen LogP contribution in [0.1, 0.15) is 6.92 Å². The maximum Gasteiger partial charge on any atom is 0.0800 e. The van der Waals surface area contributed by atoms with Crippen molar-refractivity contribution in [1.82, 2.24) is 0 Å². The lowest BCUT2D eigenvalue weighted by Gasteiger charge is -2.25. The molecule has 0 aromatic heterocycles. The summed E-state index contributed by atoms with van der Waals surface area (Å²) in [6.07, 6.45) is 0. The normalized spacial score (nSPS) is 12.7. The number of rotatable bonds is 3. The lowest BCUT2D eigenvalue weighted by molar-refractivity contribution is 1.23. The summed E-state index contributed by atoms with van der Waals surface area (Å²) in [6.45, 7) is 1.93. The Labute approximate surface area is 113 Å². The Bertz CT molecular complexity index is 558. The molecule has 90 valence electrons. The second-order valence-electron chi connectivity index (χ2n) is 4.13. The summed E-state index contributed by atoms with van der Waals surface area (Å²) in [5, 5.41) is 11.5. The molecule has 1 unspecified atom stereocenters. The second-order valence-corrected chi connectivity index (χ2v) is 8.99. The fraction of sp³-hybridized carbons (Fsp3) is 0.133. The van der Waals surface area contributed by atoms with Gasteiger partial charge in [-0.05, 0) is 17.5 Å². The number of benzene rings is 2. The molecular formula is C15H14NPS. The molecule has 0 aliphatic rings. The SMILES string of the molecule is CC(C#N)P(=S)(c1ccccc1)c1ccccc1. The second kappa shape index (κ2) is 5.48. The number of hydrogen-bond acceptors (Lipinski definition) is 2. The average Bonchev–Trinajstić information content (AvgIpc) is 2.47. The van der Waals surface area contributed by atoms with E-state index in [4.69, 9.17) is 11.8 Å². The Hall–Kier alpha value is -1.42. The molecule has 18 heavy (non-hydrogen) atoms. The molecule has 0 saturated carbocycles. The first-order chi connectivity index (χ1) is 8.69. The molecule has 0 saturated heterocycles. The van der Waals surface area contributed by atoms with E-state index in [-0.39, 0.29) is 5.66 Å². The first-order valence-corrected chi connectivity index (χ1v) is 8.67. The van der Waals surface area contributed by atoms with Gasteiger partial charge >= 0.3 is 0 Å². The molecule has 0 spiro atoms. The Morgan fingerprint density at radius 2 is 1.33 bits per heavy atom. The smallest absolute Gasteiger partial charge is 0.0800 e. The van der Waals surface area contributed by atoms with Gasteiger partial charge in [0.15, 0.2) is 0 Å².